The van der Waals surface area contributed by atoms with E-state index in [1.54, 1.807) is 0 Å². The minimum atomic E-state index is -0.800. The molecule has 3 atom stereocenters. The molecule has 2 saturated heterocycles. The van der Waals surface area contributed by atoms with E-state index in [-0.39, 0.29) is 11.1 Å². The molecule has 5 aliphatic rings. The third-order valence-corrected chi connectivity index (χ3v) is 12.5. The lowest BCUT2D eigenvalue weighted by atomic mass is 9.71. The summed E-state index contributed by atoms with van der Waals surface area (Å²) in [5.41, 5.74) is 7.94. The van der Waals surface area contributed by atoms with E-state index in [4.69, 9.17) is 19.8 Å². The molecule has 11 nitrogen and oxygen atoms in total. The molecule has 9 rings (SSSR count). The average molecular weight is 667 g/mol. The van der Waals surface area contributed by atoms with Gasteiger partial charge in [0.1, 0.15) is 30.1 Å². The molecule has 4 aromatic rings. The zero-order valence-electron chi connectivity index (χ0n) is 29.3. The number of fused-ring (bicyclic) bond motifs is 5. The van der Waals surface area contributed by atoms with Crippen molar-refractivity contribution in [3.63, 3.8) is 0 Å². The standard InChI is InChI=1S/C37H47FN10O/c1-24-31-22-46(15-9-17-48(31)43-32(24)34-42-41-25(2)45(34)4)33-28-21-44(3)37(14-7-11-26-10-5-6-12-29(26)37)19-30(28)39-35(40-33)49-23-36-13-8-16-47(36)20-27(38)18-36/h5-6,10,12,27H,7-9,11,13-23H2,1-4H3/t27?,36-,37-/m0/s1. The molecule has 0 bridgehead atoms. The predicted octanol–water partition coefficient (Wildman–Crippen LogP) is 4.67. The number of benzene rings is 1. The molecule has 49 heavy (non-hydrogen) atoms. The Morgan fingerprint density at radius 2 is 1.86 bits per heavy atom. The first-order valence-corrected chi connectivity index (χ1v) is 18.1. The van der Waals surface area contributed by atoms with Gasteiger partial charge in [0.05, 0.1) is 29.0 Å². The number of alkyl halides is 1. The summed E-state index contributed by atoms with van der Waals surface area (Å²) < 4.78 is 25.4. The number of anilines is 1. The van der Waals surface area contributed by atoms with Crippen molar-refractivity contribution in [1.82, 2.24) is 44.3 Å². The molecule has 2 fully saturated rings. The van der Waals surface area contributed by atoms with Crippen molar-refractivity contribution < 1.29 is 9.13 Å². The zero-order chi connectivity index (χ0) is 33.5. The van der Waals surface area contributed by atoms with Crippen LogP contribution in [0.1, 0.15) is 78.0 Å². The summed E-state index contributed by atoms with van der Waals surface area (Å²) in [5.74, 6) is 2.60. The molecule has 0 saturated carbocycles. The van der Waals surface area contributed by atoms with E-state index in [0.717, 1.165) is 106 Å². The van der Waals surface area contributed by atoms with Crippen LogP contribution in [0.15, 0.2) is 24.3 Å². The first kappa shape index (κ1) is 31.1. The van der Waals surface area contributed by atoms with Crippen molar-refractivity contribution in [2.75, 3.05) is 38.2 Å². The van der Waals surface area contributed by atoms with Gasteiger partial charge in [0.15, 0.2) is 5.82 Å². The normalized spacial score (nSPS) is 26.8. The fourth-order valence-electron chi connectivity index (χ4n) is 9.71. The van der Waals surface area contributed by atoms with E-state index in [0.29, 0.717) is 32.1 Å². The molecule has 0 amide bonds. The van der Waals surface area contributed by atoms with Gasteiger partial charge < -0.3 is 14.2 Å². The van der Waals surface area contributed by atoms with E-state index in [2.05, 4.69) is 67.8 Å². The molecule has 4 aliphatic heterocycles. The molecule has 1 aromatic carbocycles. The number of aromatic nitrogens is 7. The van der Waals surface area contributed by atoms with Crippen LogP contribution in [0.25, 0.3) is 11.5 Å². The highest BCUT2D eigenvalue weighted by Gasteiger charge is 2.50. The Labute approximate surface area is 287 Å². The minimum Gasteiger partial charge on any atom is -0.461 e. The van der Waals surface area contributed by atoms with Gasteiger partial charge in [-0.05, 0) is 77.1 Å². The van der Waals surface area contributed by atoms with Crippen molar-refractivity contribution in [3.05, 3.63) is 63.7 Å². The SMILES string of the molecule is Cc1c(-c2nnc(C)n2C)nn2c1CN(c1nc(OC[C@@]34CCCN3CC(F)C4)nc3c1CN(C)[C@@]1(CCCc4ccccc41)C3)CCC2. The maximum Gasteiger partial charge on any atom is 0.318 e. The minimum absolute atomic E-state index is 0.115. The number of hydrogen-bond acceptors (Lipinski definition) is 9. The van der Waals surface area contributed by atoms with Gasteiger partial charge in [-0.25, -0.2) is 4.39 Å². The Bertz CT molecular complexity index is 1920. The first-order valence-electron chi connectivity index (χ1n) is 18.1. The third-order valence-electron chi connectivity index (χ3n) is 12.5. The van der Waals surface area contributed by atoms with Gasteiger partial charge >= 0.3 is 6.01 Å². The number of nitrogens with zero attached hydrogens (tertiary/aromatic N) is 10. The second-order valence-electron chi connectivity index (χ2n) is 15.2. The molecule has 12 heteroatoms. The topological polar surface area (TPSA) is 93.3 Å². The summed E-state index contributed by atoms with van der Waals surface area (Å²) in [5, 5.41) is 13.8. The smallest absolute Gasteiger partial charge is 0.318 e. The van der Waals surface area contributed by atoms with Crippen LogP contribution in [0.2, 0.25) is 0 Å². The fraction of sp³-hybridized carbons (Fsp3) is 0.595. The number of aryl methyl sites for hydroxylation is 3. The van der Waals surface area contributed by atoms with Gasteiger partial charge in [-0.3, -0.25) is 14.5 Å². The molecule has 258 valence electrons. The van der Waals surface area contributed by atoms with Crippen molar-refractivity contribution in [3.8, 4) is 17.5 Å². The predicted molar refractivity (Wildman–Crippen MR) is 184 cm³/mol. The third kappa shape index (κ3) is 4.92. The van der Waals surface area contributed by atoms with Gasteiger partial charge in [-0.1, -0.05) is 24.3 Å². The molecule has 1 aliphatic carbocycles. The Morgan fingerprint density at radius 1 is 0.980 bits per heavy atom. The summed E-state index contributed by atoms with van der Waals surface area (Å²) in [4.78, 5) is 17.7. The average Bonchev–Trinajstić information content (AvgIpc) is 3.77. The van der Waals surface area contributed by atoms with Crippen LogP contribution in [-0.4, -0.2) is 89.3 Å². The largest absolute Gasteiger partial charge is 0.461 e. The summed E-state index contributed by atoms with van der Waals surface area (Å²) in [7, 11) is 4.27. The maximum absolute atomic E-state index is 14.7. The number of hydrogen-bond donors (Lipinski definition) is 0. The lowest BCUT2D eigenvalue weighted by molar-refractivity contribution is 0.0714. The Morgan fingerprint density at radius 3 is 2.71 bits per heavy atom. The number of halogens is 1. The molecule has 1 unspecified atom stereocenters. The quantitative estimate of drug-likeness (QED) is 0.301. The summed E-state index contributed by atoms with van der Waals surface area (Å²) in [6, 6.07) is 9.39. The van der Waals surface area contributed by atoms with Crippen molar-refractivity contribution in [2.45, 2.75) is 102 Å². The van der Waals surface area contributed by atoms with Crippen LogP contribution < -0.4 is 9.64 Å². The first-order chi connectivity index (χ1) is 23.7. The van der Waals surface area contributed by atoms with Gasteiger partial charge in [0.25, 0.3) is 0 Å². The number of rotatable bonds is 5. The molecule has 0 radical (unpaired) electrons. The summed E-state index contributed by atoms with van der Waals surface area (Å²) >= 11 is 0. The van der Waals surface area contributed by atoms with Crippen LogP contribution in [0.3, 0.4) is 0 Å². The maximum atomic E-state index is 14.7. The van der Waals surface area contributed by atoms with E-state index >= 15 is 0 Å². The number of ether oxygens (including phenoxy) is 1. The number of likely N-dealkylation sites (N-methyl/N-ethyl adjacent to an activating group) is 1. The molecule has 3 aromatic heterocycles. The van der Waals surface area contributed by atoms with E-state index in [1.165, 1.54) is 22.4 Å². The van der Waals surface area contributed by atoms with Gasteiger partial charge in [-0.15, -0.1) is 10.2 Å². The van der Waals surface area contributed by atoms with Gasteiger partial charge in [0.2, 0.25) is 0 Å². The van der Waals surface area contributed by atoms with Crippen molar-refractivity contribution in [2.24, 2.45) is 7.05 Å². The highest BCUT2D eigenvalue weighted by atomic mass is 19.1. The summed E-state index contributed by atoms with van der Waals surface area (Å²) in [6.45, 7) is 9.09. The van der Waals surface area contributed by atoms with Crippen LogP contribution >= 0.6 is 0 Å². The molecule has 0 N–H and O–H groups in total. The molecular formula is C37H47FN10O. The Kier molecular flexibility index (Phi) is 7.35. The van der Waals surface area contributed by atoms with Crippen molar-refractivity contribution >= 4 is 5.82 Å². The Hall–Kier alpha value is -3.90. The highest BCUT2D eigenvalue weighted by molar-refractivity contribution is 5.58. The van der Waals surface area contributed by atoms with Crippen LogP contribution in [-0.2, 0) is 45.1 Å². The fourth-order valence-corrected chi connectivity index (χ4v) is 9.71. The van der Waals surface area contributed by atoms with E-state index in [1.807, 2.05) is 18.5 Å². The molecule has 1 spiro atoms. The molecule has 7 heterocycles. The Balaban J connectivity index is 1.11. The highest BCUT2D eigenvalue weighted by Crippen LogP contribution is 2.47. The summed E-state index contributed by atoms with van der Waals surface area (Å²) in [6.07, 6.45) is 6.88. The molecular weight excluding hydrogens is 619 g/mol. The monoisotopic (exact) mass is 666 g/mol. The van der Waals surface area contributed by atoms with Gasteiger partial charge in [0, 0.05) is 57.2 Å². The lowest BCUT2D eigenvalue weighted by Gasteiger charge is -2.49. The van der Waals surface area contributed by atoms with E-state index in [9.17, 15) is 4.39 Å². The van der Waals surface area contributed by atoms with Crippen LogP contribution in [0.4, 0.5) is 10.2 Å². The van der Waals surface area contributed by atoms with Gasteiger partial charge in [-0.2, -0.15) is 15.1 Å². The van der Waals surface area contributed by atoms with Crippen LogP contribution in [0, 0.1) is 13.8 Å². The van der Waals surface area contributed by atoms with Crippen LogP contribution in [0.5, 0.6) is 6.01 Å². The zero-order valence-corrected chi connectivity index (χ0v) is 29.3. The van der Waals surface area contributed by atoms with E-state index < -0.39 is 6.17 Å². The second-order valence-corrected chi connectivity index (χ2v) is 15.2. The lowest BCUT2D eigenvalue weighted by Crippen LogP contribution is -2.51. The second kappa shape index (κ2) is 11.6. The van der Waals surface area contributed by atoms with Crippen molar-refractivity contribution in [1.29, 1.82) is 0 Å².